The standard InChI is InChI=1S/C24H20N2PS.2ClH/c1-27(19-10-4-2-5-11-19,20-12-6-3-7-13-20)23-15-9-8-14-21(23)22-17-28-24-16-25-18-26(22)24;;/h2-18H,1H3;2*1H/q+1;;/p-1. The molecule has 2 aromatic heterocycles. The van der Waals surface area contributed by atoms with E-state index >= 15 is 0 Å². The minimum Gasteiger partial charge on any atom is -1.00 e. The number of fused-ring (bicyclic) bond motifs is 1. The molecule has 5 rings (SSSR count). The number of aromatic nitrogens is 2. The quantitative estimate of drug-likeness (QED) is 0.368. The van der Waals surface area contributed by atoms with Crippen molar-refractivity contribution in [3.63, 3.8) is 0 Å². The highest BCUT2D eigenvalue weighted by Gasteiger charge is 2.42. The van der Waals surface area contributed by atoms with Gasteiger partial charge in [0, 0.05) is 10.9 Å². The molecule has 0 unspecified atom stereocenters. The maximum Gasteiger partial charge on any atom is 0.119 e. The highest BCUT2D eigenvalue weighted by Crippen LogP contribution is 2.53. The minimum atomic E-state index is -1.79. The molecule has 0 radical (unpaired) electrons. The molecule has 2 heterocycles. The topological polar surface area (TPSA) is 17.3 Å². The number of nitrogens with zero attached hydrogens (tertiary/aromatic N) is 2. The van der Waals surface area contributed by atoms with E-state index in [0.717, 1.165) is 0 Å². The Kier molecular flexibility index (Phi) is 7.00. The normalized spacial score (nSPS) is 11.0. The van der Waals surface area contributed by atoms with Gasteiger partial charge in [0.05, 0.1) is 18.6 Å². The molecule has 0 aliphatic heterocycles. The molecule has 152 valence electrons. The monoisotopic (exact) mass is 470 g/mol. The van der Waals surface area contributed by atoms with Crippen LogP contribution < -0.4 is 28.3 Å². The van der Waals surface area contributed by atoms with Crippen LogP contribution in [-0.2, 0) is 0 Å². The Morgan fingerprint density at radius 2 is 1.37 bits per heavy atom. The smallest absolute Gasteiger partial charge is 0.119 e. The third kappa shape index (κ3) is 3.68. The van der Waals surface area contributed by atoms with Crippen LogP contribution in [0.4, 0.5) is 0 Å². The molecule has 30 heavy (non-hydrogen) atoms. The highest BCUT2D eigenvalue weighted by atomic mass is 35.5. The molecule has 0 spiro atoms. The summed E-state index contributed by atoms with van der Waals surface area (Å²) in [5.41, 5.74) is 2.50. The number of thiazole rings is 1. The minimum absolute atomic E-state index is 0. The van der Waals surface area contributed by atoms with E-state index < -0.39 is 7.26 Å². The van der Waals surface area contributed by atoms with Crippen LogP contribution in [0.3, 0.4) is 0 Å². The molecule has 0 atom stereocenters. The molecule has 0 aliphatic rings. The van der Waals surface area contributed by atoms with E-state index in [4.69, 9.17) is 0 Å². The van der Waals surface area contributed by atoms with Gasteiger partial charge in [-0.1, -0.05) is 48.5 Å². The van der Waals surface area contributed by atoms with Gasteiger partial charge in [-0.2, -0.15) is 0 Å². The van der Waals surface area contributed by atoms with Crippen molar-refractivity contribution in [3.8, 4) is 11.3 Å². The second-order valence-electron chi connectivity index (χ2n) is 6.92. The lowest BCUT2D eigenvalue weighted by Crippen LogP contribution is -3.00. The fourth-order valence-electron chi connectivity index (χ4n) is 3.88. The summed E-state index contributed by atoms with van der Waals surface area (Å²) >= 11 is 1.74. The van der Waals surface area contributed by atoms with Crippen LogP contribution in [0.1, 0.15) is 0 Å². The van der Waals surface area contributed by atoms with Gasteiger partial charge in [-0.15, -0.1) is 23.7 Å². The van der Waals surface area contributed by atoms with Crippen molar-refractivity contribution in [3.05, 3.63) is 103 Å². The van der Waals surface area contributed by atoms with Crippen LogP contribution in [0.2, 0.25) is 0 Å². The van der Waals surface area contributed by atoms with E-state index in [9.17, 15) is 0 Å². The Balaban J connectivity index is 0.00000128. The summed E-state index contributed by atoms with van der Waals surface area (Å²) in [5.74, 6) is 0. The summed E-state index contributed by atoms with van der Waals surface area (Å²) in [7, 11) is -1.79. The van der Waals surface area contributed by atoms with Crippen LogP contribution >= 0.6 is 31.0 Å². The summed E-state index contributed by atoms with van der Waals surface area (Å²) in [6, 6.07) is 30.8. The van der Waals surface area contributed by atoms with Crippen LogP contribution in [-0.4, -0.2) is 16.0 Å². The first kappa shape index (κ1) is 22.5. The van der Waals surface area contributed by atoms with Crippen LogP contribution in [0, 0.1) is 0 Å². The lowest BCUT2D eigenvalue weighted by atomic mass is 10.2. The third-order valence-electron chi connectivity index (χ3n) is 5.36. The molecule has 0 amide bonds. The maximum atomic E-state index is 4.34. The maximum absolute atomic E-state index is 4.34. The van der Waals surface area contributed by atoms with Gasteiger partial charge in [0.15, 0.2) is 0 Å². The molecule has 2 nitrogen and oxygen atoms in total. The molecule has 3 aromatic carbocycles. The average Bonchev–Trinajstić information content (AvgIpc) is 3.38. The van der Waals surface area contributed by atoms with Crippen molar-refractivity contribution in [1.82, 2.24) is 9.38 Å². The predicted octanol–water partition coefficient (Wildman–Crippen LogP) is 2.41. The SMILES string of the molecule is C[P+](c1ccccc1)(c1ccccc1)c1ccccc1-c1csc2cncn12.Cl.[Cl-]. The van der Waals surface area contributed by atoms with Gasteiger partial charge in [0.1, 0.15) is 34.3 Å². The van der Waals surface area contributed by atoms with Crippen molar-refractivity contribution in [1.29, 1.82) is 0 Å². The molecular weight excluding hydrogens is 450 g/mol. The molecule has 0 aliphatic carbocycles. The zero-order chi connectivity index (χ0) is 19.0. The summed E-state index contributed by atoms with van der Waals surface area (Å²) in [4.78, 5) is 5.51. The van der Waals surface area contributed by atoms with Crippen LogP contribution in [0.15, 0.2) is 103 Å². The largest absolute Gasteiger partial charge is 1.00 e. The van der Waals surface area contributed by atoms with Crippen LogP contribution in [0.5, 0.6) is 0 Å². The number of hydrogen-bond donors (Lipinski definition) is 0. The van der Waals surface area contributed by atoms with E-state index in [1.165, 1.54) is 32.0 Å². The molecular formula is C24H21Cl2N2PS. The van der Waals surface area contributed by atoms with Crippen molar-refractivity contribution in [2.24, 2.45) is 0 Å². The Morgan fingerprint density at radius 1 is 0.800 bits per heavy atom. The van der Waals surface area contributed by atoms with Gasteiger partial charge in [0.2, 0.25) is 0 Å². The Morgan fingerprint density at radius 3 is 2.00 bits per heavy atom. The van der Waals surface area contributed by atoms with E-state index in [2.05, 4.69) is 106 Å². The van der Waals surface area contributed by atoms with Crippen LogP contribution in [0.25, 0.3) is 16.1 Å². The van der Waals surface area contributed by atoms with Crippen molar-refractivity contribution < 1.29 is 12.4 Å². The first-order valence-corrected chi connectivity index (χ1v) is 12.4. The zero-order valence-corrected chi connectivity index (χ0v) is 19.6. The summed E-state index contributed by atoms with van der Waals surface area (Å²) in [6.07, 6.45) is 3.85. The lowest BCUT2D eigenvalue weighted by molar-refractivity contribution is -0.00000557. The molecule has 0 bridgehead atoms. The predicted molar refractivity (Wildman–Crippen MR) is 130 cm³/mol. The van der Waals surface area contributed by atoms with Crippen molar-refractivity contribution in [2.45, 2.75) is 0 Å². The molecule has 0 fully saturated rings. The van der Waals surface area contributed by atoms with Crippen molar-refractivity contribution >= 4 is 51.8 Å². The number of benzene rings is 3. The van der Waals surface area contributed by atoms with Gasteiger partial charge in [-0.3, -0.25) is 4.40 Å². The van der Waals surface area contributed by atoms with Gasteiger partial charge < -0.3 is 12.4 Å². The zero-order valence-electron chi connectivity index (χ0n) is 16.4. The number of rotatable bonds is 4. The Bertz CT molecular complexity index is 1200. The molecule has 0 saturated heterocycles. The molecule has 5 aromatic rings. The first-order valence-electron chi connectivity index (χ1n) is 9.26. The highest BCUT2D eigenvalue weighted by molar-refractivity contribution is 7.95. The van der Waals surface area contributed by atoms with Gasteiger partial charge in [0.25, 0.3) is 0 Å². The number of hydrogen-bond acceptors (Lipinski definition) is 2. The van der Waals surface area contributed by atoms with Gasteiger partial charge >= 0.3 is 0 Å². The van der Waals surface area contributed by atoms with Crippen molar-refractivity contribution in [2.75, 3.05) is 6.66 Å². The summed E-state index contributed by atoms with van der Waals surface area (Å²) in [6.45, 7) is 2.44. The van der Waals surface area contributed by atoms with E-state index in [-0.39, 0.29) is 24.8 Å². The second-order valence-corrected chi connectivity index (χ2v) is 11.3. The van der Waals surface area contributed by atoms with Gasteiger partial charge in [-0.25, -0.2) is 4.98 Å². The number of imidazole rings is 1. The van der Waals surface area contributed by atoms with E-state index in [0.29, 0.717) is 0 Å². The average molecular weight is 471 g/mol. The van der Waals surface area contributed by atoms with E-state index in [1.807, 2.05) is 12.5 Å². The number of halogens is 2. The third-order valence-corrected chi connectivity index (χ3v) is 10.3. The lowest BCUT2D eigenvalue weighted by Gasteiger charge is -2.25. The Hall–Kier alpha value is -2.16. The second kappa shape index (κ2) is 9.32. The van der Waals surface area contributed by atoms with E-state index in [1.54, 1.807) is 11.3 Å². The summed E-state index contributed by atoms with van der Waals surface area (Å²) in [5, 5.41) is 6.44. The Labute approximate surface area is 193 Å². The van der Waals surface area contributed by atoms with Gasteiger partial charge in [-0.05, 0) is 36.4 Å². The fraction of sp³-hybridized carbons (Fsp3) is 0.0417. The fourth-order valence-corrected chi connectivity index (χ4v) is 8.18. The molecule has 0 saturated carbocycles. The summed E-state index contributed by atoms with van der Waals surface area (Å²) < 4.78 is 2.20. The first-order chi connectivity index (χ1) is 13.8. The molecule has 0 N–H and O–H groups in total. The molecule has 6 heteroatoms.